The molecule has 0 atom stereocenters. The van der Waals surface area contributed by atoms with Gasteiger partial charge < -0.3 is 19.4 Å². The molecule has 0 spiro atoms. The predicted octanol–water partition coefficient (Wildman–Crippen LogP) is 0.883. The van der Waals surface area contributed by atoms with Gasteiger partial charge in [-0.2, -0.15) is 16.8 Å². The van der Waals surface area contributed by atoms with Crippen molar-refractivity contribution < 1.29 is 78.7 Å². The fraction of sp³-hybridized carbons (Fsp3) is 0.724. The molecule has 0 saturated carbocycles. The van der Waals surface area contributed by atoms with E-state index in [2.05, 4.69) is 14.4 Å². The van der Waals surface area contributed by atoms with Gasteiger partial charge in [0.05, 0.1) is 24.5 Å². The maximum atomic E-state index is 11.9. The van der Waals surface area contributed by atoms with Gasteiger partial charge in [-0.1, -0.05) is 26.3 Å². The topological polar surface area (TPSA) is 286 Å². The van der Waals surface area contributed by atoms with Crippen LogP contribution in [0.4, 0.5) is 4.79 Å². The molecule has 2 aliphatic heterocycles. The van der Waals surface area contributed by atoms with Gasteiger partial charge in [0, 0.05) is 64.7 Å². The van der Waals surface area contributed by atoms with E-state index in [9.17, 15) is 55.2 Å². The lowest BCUT2D eigenvalue weighted by Crippen LogP contribution is -2.36. The van der Waals surface area contributed by atoms with Gasteiger partial charge in [0.15, 0.2) is 0 Å². The standard InChI is InChI=1S/C12H18N2O8S.C8H11NO5.C8H17NO4S.CH4/c1-2-13(7-8-23(19,20)21)9(15)5-6-12(18)22-14-10(16)3-4-11(14)17;1-2-5-13-8(12)14-9-6(10)3-4-7(9)11;1-3-8(10)9(4-2)6-5-7-14(11,12)13;/h2-8H2,1H3,(H,19,20,21);2-5H2,1H3;3-7H2,1-2H3,(H,11,12,13);1H4. The normalized spacial score (nSPS) is 14.0. The van der Waals surface area contributed by atoms with Crippen LogP contribution < -0.4 is 0 Å². The molecule has 21 nitrogen and oxygen atoms in total. The number of carbonyl (C=O) groups excluding carboxylic acids is 8. The Balaban J connectivity index is 0. The number of imide groups is 2. The van der Waals surface area contributed by atoms with Crippen LogP contribution in [-0.4, -0.2) is 138 Å². The van der Waals surface area contributed by atoms with Crippen molar-refractivity contribution in [3.05, 3.63) is 0 Å². The van der Waals surface area contributed by atoms with Gasteiger partial charge in [0.25, 0.3) is 43.9 Å². The highest BCUT2D eigenvalue weighted by Gasteiger charge is 2.34. The maximum absolute atomic E-state index is 11.9. The number of nitrogens with zero attached hydrogens (tertiary/aromatic N) is 4. The molecule has 0 aromatic carbocycles. The third kappa shape index (κ3) is 21.2. The van der Waals surface area contributed by atoms with E-state index in [4.69, 9.17) is 9.11 Å². The minimum absolute atomic E-state index is 0. The van der Waals surface area contributed by atoms with E-state index in [0.29, 0.717) is 36.1 Å². The molecule has 2 fully saturated rings. The summed E-state index contributed by atoms with van der Waals surface area (Å²) in [7, 11) is -8.09. The molecular weight excluding hydrogens is 740 g/mol. The smallest absolute Gasteiger partial charge is 0.433 e. The lowest BCUT2D eigenvalue weighted by molar-refractivity contribution is -0.197. The molecule has 300 valence electrons. The van der Waals surface area contributed by atoms with Gasteiger partial charge in [-0.25, -0.2) is 9.59 Å². The molecule has 0 radical (unpaired) electrons. The van der Waals surface area contributed by atoms with E-state index in [0.717, 1.165) is 4.90 Å². The van der Waals surface area contributed by atoms with Crippen LogP contribution in [-0.2, 0) is 68.2 Å². The second kappa shape index (κ2) is 24.9. The summed E-state index contributed by atoms with van der Waals surface area (Å²) >= 11 is 0. The van der Waals surface area contributed by atoms with Crippen molar-refractivity contribution in [2.24, 2.45) is 0 Å². The lowest BCUT2D eigenvalue weighted by Gasteiger charge is -2.20. The molecule has 2 rings (SSSR count). The Morgan fingerprint density at radius 2 is 1.12 bits per heavy atom. The molecule has 0 unspecified atom stereocenters. The second-order valence-electron chi connectivity index (χ2n) is 10.5. The van der Waals surface area contributed by atoms with E-state index in [1.54, 1.807) is 18.7 Å². The summed E-state index contributed by atoms with van der Waals surface area (Å²) < 4.78 is 63.8. The lowest BCUT2D eigenvalue weighted by atomic mass is 10.3. The Morgan fingerprint density at radius 3 is 1.52 bits per heavy atom. The molecule has 2 N–H and O–H groups in total. The van der Waals surface area contributed by atoms with Gasteiger partial charge >= 0.3 is 12.1 Å². The predicted molar refractivity (Wildman–Crippen MR) is 179 cm³/mol. The number of hydrogen-bond acceptors (Lipinski definition) is 15. The van der Waals surface area contributed by atoms with Gasteiger partial charge in [0.2, 0.25) is 11.8 Å². The molecule has 52 heavy (non-hydrogen) atoms. The Hall–Kier alpha value is -4.22. The van der Waals surface area contributed by atoms with Gasteiger partial charge in [-0.3, -0.25) is 42.7 Å². The van der Waals surface area contributed by atoms with Crippen LogP contribution in [0, 0.1) is 0 Å². The summed E-state index contributed by atoms with van der Waals surface area (Å²) in [6.45, 7) is 8.17. The number of rotatable bonds is 17. The molecule has 0 aromatic rings. The van der Waals surface area contributed by atoms with E-state index in [1.165, 1.54) is 0 Å². The van der Waals surface area contributed by atoms with Crippen LogP contribution in [0.25, 0.3) is 0 Å². The molecule has 0 aromatic heterocycles. The van der Waals surface area contributed by atoms with E-state index < -0.39 is 67.6 Å². The number of ether oxygens (including phenoxy) is 1. The van der Waals surface area contributed by atoms with Crippen molar-refractivity contribution in [1.82, 2.24) is 19.9 Å². The number of hydroxylamine groups is 4. The van der Waals surface area contributed by atoms with Crippen molar-refractivity contribution in [2.45, 2.75) is 92.9 Å². The monoisotopic (exact) mass is 790 g/mol. The van der Waals surface area contributed by atoms with Crippen LogP contribution in [0.15, 0.2) is 0 Å². The highest BCUT2D eigenvalue weighted by Crippen LogP contribution is 2.14. The van der Waals surface area contributed by atoms with E-state index in [1.807, 2.05) is 13.8 Å². The number of hydrogen-bond donors (Lipinski definition) is 2. The molecular formula is C29H50N4O17S2. The first-order valence-electron chi connectivity index (χ1n) is 15.9. The van der Waals surface area contributed by atoms with Crippen LogP contribution in [0.5, 0.6) is 0 Å². The summed E-state index contributed by atoms with van der Waals surface area (Å²) in [6.07, 6.45) is -0.189. The highest BCUT2D eigenvalue weighted by molar-refractivity contribution is 7.86. The quantitative estimate of drug-likeness (QED) is 0.117. The Morgan fingerprint density at radius 1 is 0.673 bits per heavy atom. The molecule has 0 aliphatic carbocycles. The first-order valence-corrected chi connectivity index (χ1v) is 19.1. The summed E-state index contributed by atoms with van der Waals surface area (Å²) in [5, 5.41) is 0.848. The molecule has 2 aliphatic rings. The van der Waals surface area contributed by atoms with Crippen LogP contribution in [0.3, 0.4) is 0 Å². The molecule has 2 heterocycles. The zero-order valence-corrected chi connectivity index (χ0v) is 30.6. The summed E-state index contributed by atoms with van der Waals surface area (Å²) in [4.78, 5) is 102. The molecule has 23 heteroatoms. The van der Waals surface area contributed by atoms with Crippen LogP contribution in [0.1, 0.15) is 92.9 Å². The summed E-state index contributed by atoms with van der Waals surface area (Å²) in [6, 6.07) is 0. The van der Waals surface area contributed by atoms with Crippen LogP contribution >= 0.6 is 0 Å². The zero-order valence-electron chi connectivity index (χ0n) is 28.9. The Bertz CT molecular complexity index is 1440. The largest absolute Gasteiger partial charge is 0.533 e. The Labute approximate surface area is 303 Å². The molecule has 0 bridgehead atoms. The second-order valence-corrected chi connectivity index (χ2v) is 13.7. The van der Waals surface area contributed by atoms with Crippen molar-refractivity contribution in [3.8, 4) is 0 Å². The fourth-order valence-corrected chi connectivity index (χ4v) is 4.87. The first-order chi connectivity index (χ1) is 23.7. The highest BCUT2D eigenvalue weighted by atomic mass is 32.2. The average molecular weight is 791 g/mol. The van der Waals surface area contributed by atoms with E-state index in [-0.39, 0.29) is 83.7 Å². The van der Waals surface area contributed by atoms with Crippen molar-refractivity contribution in [1.29, 1.82) is 0 Å². The van der Waals surface area contributed by atoms with Crippen molar-refractivity contribution in [2.75, 3.05) is 44.3 Å². The van der Waals surface area contributed by atoms with Crippen molar-refractivity contribution in [3.63, 3.8) is 0 Å². The number of amides is 6. The van der Waals surface area contributed by atoms with Gasteiger partial charge in [-0.15, -0.1) is 5.06 Å². The van der Waals surface area contributed by atoms with Crippen LogP contribution in [0.2, 0.25) is 0 Å². The minimum Gasteiger partial charge on any atom is -0.433 e. The SMILES string of the molecule is C.CCC(=O)N(CC)CCCS(=O)(=O)O.CCCOC(=O)ON1C(=O)CCC1=O.CCN(CCS(=O)(=O)O)C(=O)CCC(=O)ON1C(=O)CCC1=O. The maximum Gasteiger partial charge on any atom is 0.533 e. The molecule has 6 amide bonds. The third-order valence-electron chi connectivity index (χ3n) is 6.56. The third-order valence-corrected chi connectivity index (χ3v) is 8.06. The molecule has 2 saturated heterocycles. The Kier molecular flexibility index (Phi) is 23.9. The zero-order chi connectivity index (χ0) is 39.4. The van der Waals surface area contributed by atoms with Gasteiger partial charge in [0.1, 0.15) is 0 Å². The van der Waals surface area contributed by atoms with E-state index >= 15 is 0 Å². The van der Waals surface area contributed by atoms with Crippen molar-refractivity contribution >= 4 is 67.8 Å². The summed E-state index contributed by atoms with van der Waals surface area (Å²) in [5.74, 6) is -4.56. The summed E-state index contributed by atoms with van der Waals surface area (Å²) in [5.41, 5.74) is 0. The average Bonchev–Trinajstić information content (AvgIpc) is 3.54. The number of carbonyl (C=O) groups is 8. The first kappa shape index (κ1) is 49.9. The van der Waals surface area contributed by atoms with Gasteiger partial charge in [-0.05, 0) is 26.7 Å². The minimum atomic E-state index is -4.19. The fourth-order valence-electron chi connectivity index (χ4n) is 3.92.